The molecule has 0 aliphatic carbocycles. The zero-order valence-corrected chi connectivity index (χ0v) is 21.5. The molecule has 1 heterocycles. The van der Waals surface area contributed by atoms with Gasteiger partial charge >= 0.3 is 11.9 Å². The molecule has 0 aromatic heterocycles. The van der Waals surface area contributed by atoms with Crippen LogP contribution < -0.4 is 0 Å². The smallest absolute Gasteiger partial charge is 0.330 e. The minimum Gasteiger partial charge on any atom is -0.468 e. The van der Waals surface area contributed by atoms with E-state index in [9.17, 15) is 18.0 Å². The van der Waals surface area contributed by atoms with Crippen molar-refractivity contribution in [1.29, 1.82) is 0 Å². The molecule has 0 bridgehead atoms. The zero-order valence-electron chi connectivity index (χ0n) is 19.1. The number of ether oxygens (including phenoxy) is 2. The summed E-state index contributed by atoms with van der Waals surface area (Å²) in [6, 6.07) is 12.8. The molecule has 2 atom stereocenters. The quantitative estimate of drug-likeness (QED) is 0.303. The normalized spacial score (nSPS) is 18.9. The topological polar surface area (TPSA) is 90.0 Å². The van der Waals surface area contributed by atoms with Crippen molar-refractivity contribution in [3.8, 4) is 0 Å². The SMILES string of the molecule is COC(=O)/C=C1\CN(C(C(=O)OC)c2ccccc2Cl)CCC1SS(=O)(=O)c1ccc(C)cc1. The highest BCUT2D eigenvalue weighted by Gasteiger charge is 2.37. The maximum absolute atomic E-state index is 13.1. The fraction of sp³-hybridized carbons (Fsp3) is 0.333. The average Bonchev–Trinajstić information content (AvgIpc) is 2.81. The van der Waals surface area contributed by atoms with Crippen LogP contribution in [-0.4, -0.2) is 57.8 Å². The van der Waals surface area contributed by atoms with Crippen molar-refractivity contribution >= 4 is 43.2 Å². The molecule has 3 rings (SSSR count). The summed E-state index contributed by atoms with van der Waals surface area (Å²) >= 11 is 6.37. The van der Waals surface area contributed by atoms with Crippen molar-refractivity contribution in [1.82, 2.24) is 4.90 Å². The number of halogens is 1. The Morgan fingerprint density at radius 3 is 2.41 bits per heavy atom. The third-order valence-electron chi connectivity index (χ3n) is 5.52. The largest absolute Gasteiger partial charge is 0.468 e. The third kappa shape index (κ3) is 6.21. The van der Waals surface area contributed by atoms with Crippen LogP contribution in [0.3, 0.4) is 0 Å². The van der Waals surface area contributed by atoms with Crippen molar-refractivity contribution in [2.75, 3.05) is 27.3 Å². The number of piperidine rings is 1. The first-order chi connectivity index (χ1) is 16.2. The lowest BCUT2D eigenvalue weighted by Crippen LogP contribution is -2.43. The maximum atomic E-state index is 13.1. The molecule has 7 nitrogen and oxygen atoms in total. The molecule has 34 heavy (non-hydrogen) atoms. The van der Waals surface area contributed by atoms with Crippen LogP contribution in [-0.2, 0) is 27.9 Å². The highest BCUT2D eigenvalue weighted by molar-refractivity contribution is 8.72. The second-order valence-electron chi connectivity index (χ2n) is 7.80. The maximum Gasteiger partial charge on any atom is 0.330 e. The Morgan fingerprint density at radius 2 is 1.79 bits per heavy atom. The molecule has 0 radical (unpaired) electrons. The number of nitrogens with zero attached hydrogens (tertiary/aromatic N) is 1. The molecule has 1 fully saturated rings. The van der Waals surface area contributed by atoms with E-state index in [4.69, 9.17) is 21.1 Å². The first-order valence-corrected chi connectivity index (χ1v) is 13.8. The van der Waals surface area contributed by atoms with E-state index in [0.717, 1.165) is 16.4 Å². The van der Waals surface area contributed by atoms with Gasteiger partial charge in [-0.3, -0.25) is 4.90 Å². The summed E-state index contributed by atoms with van der Waals surface area (Å²) < 4.78 is 36.0. The molecule has 1 aliphatic rings. The standard InChI is InChI=1S/C24H26ClNO6S2/c1-16-8-10-18(11-9-16)34(29,30)33-21-12-13-26(15-17(21)14-22(27)31-2)23(24(28)32-3)19-6-4-5-7-20(19)25/h4-11,14,21,23H,12-13,15H2,1-3H3/b17-14+. The molecule has 0 amide bonds. The van der Waals surface area contributed by atoms with Gasteiger partial charge in [0, 0.05) is 29.4 Å². The van der Waals surface area contributed by atoms with Crippen LogP contribution in [0.4, 0.5) is 0 Å². The minimum atomic E-state index is -3.68. The van der Waals surface area contributed by atoms with E-state index in [1.165, 1.54) is 20.3 Å². The molecule has 2 aromatic carbocycles. The van der Waals surface area contributed by atoms with Crippen molar-refractivity contribution in [2.24, 2.45) is 0 Å². The van der Waals surface area contributed by atoms with E-state index in [1.807, 2.05) is 11.8 Å². The molecular weight excluding hydrogens is 498 g/mol. The molecule has 0 N–H and O–H groups in total. The van der Waals surface area contributed by atoms with Crippen LogP contribution in [0.1, 0.15) is 23.6 Å². The van der Waals surface area contributed by atoms with Crippen LogP contribution in [0.2, 0.25) is 5.02 Å². The summed E-state index contributed by atoms with van der Waals surface area (Å²) in [5, 5.41) is -0.0824. The molecule has 0 spiro atoms. The van der Waals surface area contributed by atoms with Crippen molar-refractivity contribution in [2.45, 2.75) is 29.5 Å². The first kappa shape index (κ1) is 26.3. The third-order valence-corrected chi connectivity index (χ3v) is 9.78. The Morgan fingerprint density at radius 1 is 1.12 bits per heavy atom. The summed E-state index contributed by atoms with van der Waals surface area (Å²) in [6.07, 6.45) is 1.69. The van der Waals surface area contributed by atoms with Gasteiger partial charge < -0.3 is 9.47 Å². The molecule has 2 aromatic rings. The van der Waals surface area contributed by atoms with Crippen LogP contribution in [0.5, 0.6) is 0 Å². The minimum absolute atomic E-state index is 0.168. The average molecular weight is 524 g/mol. The number of rotatable bonds is 7. The van der Waals surface area contributed by atoms with Gasteiger partial charge in [-0.25, -0.2) is 18.0 Å². The lowest BCUT2D eigenvalue weighted by molar-refractivity contribution is -0.147. The van der Waals surface area contributed by atoms with Crippen LogP contribution >= 0.6 is 22.4 Å². The van der Waals surface area contributed by atoms with Crippen LogP contribution in [0.25, 0.3) is 0 Å². The summed E-state index contributed by atoms with van der Waals surface area (Å²) in [5.41, 5.74) is 2.07. The van der Waals surface area contributed by atoms with Gasteiger partial charge in [0.05, 0.1) is 19.1 Å². The van der Waals surface area contributed by atoms with Gasteiger partial charge in [0.15, 0.2) is 0 Å². The highest BCUT2D eigenvalue weighted by Crippen LogP contribution is 2.39. The number of hydrogen-bond acceptors (Lipinski definition) is 8. The monoisotopic (exact) mass is 523 g/mol. The lowest BCUT2D eigenvalue weighted by atomic mass is 9.98. The van der Waals surface area contributed by atoms with E-state index >= 15 is 0 Å². The highest BCUT2D eigenvalue weighted by atomic mass is 35.5. The number of esters is 2. The predicted molar refractivity (Wildman–Crippen MR) is 132 cm³/mol. The Kier molecular flexibility index (Phi) is 8.81. The molecule has 1 aliphatic heterocycles. The summed E-state index contributed by atoms with van der Waals surface area (Å²) in [5.74, 6) is -1.09. The Labute approximate surface area is 208 Å². The zero-order chi connectivity index (χ0) is 24.9. The summed E-state index contributed by atoms with van der Waals surface area (Å²) in [4.78, 5) is 26.9. The van der Waals surface area contributed by atoms with Gasteiger partial charge in [-0.1, -0.05) is 47.5 Å². The predicted octanol–water partition coefficient (Wildman–Crippen LogP) is 4.16. The van der Waals surface area contributed by atoms with E-state index in [1.54, 1.807) is 48.5 Å². The Balaban J connectivity index is 1.92. The number of benzene rings is 2. The molecule has 10 heteroatoms. The van der Waals surface area contributed by atoms with Gasteiger partial charge in [0.25, 0.3) is 0 Å². The van der Waals surface area contributed by atoms with Crippen LogP contribution in [0, 0.1) is 6.92 Å². The number of carbonyl (C=O) groups is 2. The summed E-state index contributed by atoms with van der Waals surface area (Å²) in [6.45, 7) is 2.44. The van der Waals surface area contributed by atoms with E-state index in [0.29, 0.717) is 29.1 Å². The Bertz CT molecular complexity index is 1180. The van der Waals surface area contributed by atoms with Gasteiger partial charge in [0.2, 0.25) is 8.87 Å². The number of aryl methyl sites for hydroxylation is 1. The second kappa shape index (κ2) is 11.4. The molecule has 2 unspecified atom stereocenters. The summed E-state index contributed by atoms with van der Waals surface area (Å²) in [7, 11) is -0.325. The van der Waals surface area contributed by atoms with Gasteiger partial charge in [-0.05, 0) is 53.5 Å². The Hall–Kier alpha value is -2.33. The van der Waals surface area contributed by atoms with Crippen molar-refractivity contribution in [3.05, 3.63) is 76.3 Å². The first-order valence-electron chi connectivity index (χ1n) is 10.5. The van der Waals surface area contributed by atoms with Gasteiger partial charge in [-0.2, -0.15) is 0 Å². The lowest BCUT2D eigenvalue weighted by Gasteiger charge is -2.37. The van der Waals surface area contributed by atoms with Crippen LogP contribution in [0.15, 0.2) is 65.1 Å². The second-order valence-corrected chi connectivity index (χ2v) is 12.2. The van der Waals surface area contributed by atoms with Gasteiger partial charge in [-0.15, -0.1) is 0 Å². The number of likely N-dealkylation sites (tertiary alicyclic amines) is 1. The number of methoxy groups -OCH3 is 2. The van der Waals surface area contributed by atoms with Crippen molar-refractivity contribution < 1.29 is 27.5 Å². The number of hydrogen-bond donors (Lipinski definition) is 0. The number of carbonyl (C=O) groups excluding carboxylic acids is 2. The van der Waals surface area contributed by atoms with E-state index < -0.39 is 32.1 Å². The van der Waals surface area contributed by atoms with Gasteiger partial charge in [0.1, 0.15) is 6.04 Å². The van der Waals surface area contributed by atoms with E-state index in [2.05, 4.69) is 0 Å². The molecule has 182 valence electrons. The molecule has 0 saturated carbocycles. The van der Waals surface area contributed by atoms with Crippen molar-refractivity contribution in [3.63, 3.8) is 0 Å². The molecule has 1 saturated heterocycles. The van der Waals surface area contributed by atoms with E-state index in [-0.39, 0.29) is 11.4 Å². The molecular formula is C24H26ClNO6S2. The fourth-order valence-electron chi connectivity index (χ4n) is 3.76. The fourth-order valence-corrected chi connectivity index (χ4v) is 7.59.